The van der Waals surface area contributed by atoms with E-state index in [0.717, 1.165) is 25.9 Å². The van der Waals surface area contributed by atoms with E-state index in [1.54, 1.807) is 6.92 Å². The Bertz CT molecular complexity index is 119. The minimum absolute atomic E-state index is 0. The molecule has 0 aliphatic carbocycles. The van der Waals surface area contributed by atoms with E-state index in [2.05, 4.69) is 6.42 Å². The second-order valence-electron chi connectivity index (χ2n) is 2.73. The van der Waals surface area contributed by atoms with E-state index in [9.17, 15) is 4.79 Å². The summed E-state index contributed by atoms with van der Waals surface area (Å²) in [5, 5.41) is 0. The van der Waals surface area contributed by atoms with Crippen LogP contribution in [0.5, 0.6) is 0 Å². The van der Waals surface area contributed by atoms with Gasteiger partial charge >= 0.3 is 51.4 Å². The molecule has 0 atom stereocenters. The van der Waals surface area contributed by atoms with Gasteiger partial charge in [-0.25, -0.2) is 0 Å². The fourth-order valence-corrected chi connectivity index (χ4v) is 1.24. The Labute approximate surface area is 111 Å². The number of nitrogens with zero attached hydrogens (tertiary/aromatic N) is 1. The van der Waals surface area contributed by atoms with E-state index in [-0.39, 0.29) is 57.3 Å². The fourth-order valence-electron chi connectivity index (χ4n) is 1.24. The van der Waals surface area contributed by atoms with Crippen LogP contribution in [0.25, 0.3) is 0 Å². The van der Waals surface area contributed by atoms with E-state index < -0.39 is 0 Å². The van der Waals surface area contributed by atoms with Crippen molar-refractivity contribution in [2.45, 2.75) is 26.2 Å². The van der Waals surface area contributed by atoms with Gasteiger partial charge in [0.25, 0.3) is 0 Å². The molecule has 0 unspecified atom stereocenters. The van der Waals surface area contributed by atoms with Crippen molar-refractivity contribution in [1.29, 1.82) is 0 Å². The Morgan fingerprint density at radius 2 is 2.09 bits per heavy atom. The quantitative estimate of drug-likeness (QED) is 0.318. The van der Waals surface area contributed by atoms with E-state index >= 15 is 0 Å². The zero-order valence-electron chi connectivity index (χ0n) is 7.47. The molecule has 0 saturated carbocycles. The van der Waals surface area contributed by atoms with Crippen molar-refractivity contribution in [3.8, 4) is 0 Å². The molecule has 0 aromatic rings. The molecule has 0 radical (unpaired) electrons. The van der Waals surface area contributed by atoms with Crippen molar-refractivity contribution in [3.05, 3.63) is 6.42 Å². The van der Waals surface area contributed by atoms with Gasteiger partial charge in [-0.1, -0.05) is 6.42 Å². The zero-order valence-corrected chi connectivity index (χ0v) is 10.6. The first kappa shape index (κ1) is 12.1. The van der Waals surface area contributed by atoms with Gasteiger partial charge in [-0.15, -0.1) is 0 Å². The Kier molecular flexibility index (Phi) is 7.27. The van der Waals surface area contributed by atoms with Crippen LogP contribution in [-0.4, -0.2) is 23.9 Å². The average molecular weight is 179 g/mol. The van der Waals surface area contributed by atoms with Crippen LogP contribution in [0.3, 0.4) is 0 Å². The third-order valence-corrected chi connectivity index (χ3v) is 1.88. The number of hydrogen-bond acceptors (Lipinski definition) is 1. The molecule has 1 rings (SSSR count). The van der Waals surface area contributed by atoms with Gasteiger partial charge in [-0.05, 0) is 6.54 Å². The molecule has 0 N–H and O–H groups in total. The first-order valence-corrected chi connectivity index (χ1v) is 3.88. The van der Waals surface area contributed by atoms with Crippen LogP contribution in [0.1, 0.15) is 26.2 Å². The molecule has 3 heteroatoms. The van der Waals surface area contributed by atoms with Gasteiger partial charge in [0.2, 0.25) is 5.91 Å². The second kappa shape index (κ2) is 6.60. The van der Waals surface area contributed by atoms with Crippen LogP contribution in [0.15, 0.2) is 0 Å². The van der Waals surface area contributed by atoms with Crippen molar-refractivity contribution in [2.24, 2.45) is 0 Å². The Balaban J connectivity index is 0.000001000. The fraction of sp³-hybridized carbons (Fsp3) is 0.750. The molecule has 1 saturated heterocycles. The number of likely N-dealkylation sites (tertiary alicyclic amines) is 1. The summed E-state index contributed by atoms with van der Waals surface area (Å²) < 4.78 is 0. The van der Waals surface area contributed by atoms with Gasteiger partial charge in [0.05, 0.1) is 0 Å². The Hall–Kier alpha value is 1.11. The molecule has 0 bridgehead atoms. The molecule has 1 aliphatic heterocycles. The summed E-state index contributed by atoms with van der Waals surface area (Å²) in [6.07, 6.45) is 5.64. The molecule has 2 nitrogen and oxygen atoms in total. The molecule has 0 spiro atoms. The minimum Gasteiger partial charge on any atom is -0.346 e. The largest absolute Gasteiger partial charge is 1.00 e. The summed E-state index contributed by atoms with van der Waals surface area (Å²) in [6.45, 7) is 3.52. The molecule has 1 fully saturated rings. The van der Waals surface area contributed by atoms with Crippen molar-refractivity contribution in [1.82, 2.24) is 4.90 Å². The number of rotatable bonds is 0. The molecule has 0 aromatic carbocycles. The van der Waals surface area contributed by atoms with Crippen molar-refractivity contribution in [2.75, 3.05) is 13.1 Å². The molecule has 1 aliphatic rings. The van der Waals surface area contributed by atoms with Gasteiger partial charge in [0.1, 0.15) is 0 Å². The van der Waals surface area contributed by atoms with Crippen LogP contribution in [0.2, 0.25) is 0 Å². The van der Waals surface area contributed by atoms with Crippen molar-refractivity contribution >= 4 is 5.91 Å². The van der Waals surface area contributed by atoms with E-state index in [1.165, 1.54) is 6.42 Å². The SMILES string of the molecule is CC(=O)N1CC[CH-]CCC1.[K+]. The van der Waals surface area contributed by atoms with Crippen LogP contribution in [0, 0.1) is 6.42 Å². The summed E-state index contributed by atoms with van der Waals surface area (Å²) in [5.74, 6) is 0.218. The minimum atomic E-state index is 0. The second-order valence-corrected chi connectivity index (χ2v) is 2.73. The van der Waals surface area contributed by atoms with Gasteiger partial charge in [0.15, 0.2) is 0 Å². The monoisotopic (exact) mass is 179 g/mol. The number of hydrogen-bond donors (Lipinski definition) is 0. The summed E-state index contributed by atoms with van der Waals surface area (Å²) in [5.41, 5.74) is 0. The standard InChI is InChI=1S/C8H14NO.K/c1-8(10)9-6-4-2-3-5-7-9;/h2H,3-7H2,1H3;/q-1;+1. The molecule has 1 amide bonds. The van der Waals surface area contributed by atoms with E-state index in [1.807, 2.05) is 4.90 Å². The predicted octanol–water partition coefficient (Wildman–Crippen LogP) is -1.77. The van der Waals surface area contributed by atoms with Crippen molar-refractivity contribution in [3.63, 3.8) is 0 Å². The smallest absolute Gasteiger partial charge is 0.346 e. The summed E-state index contributed by atoms with van der Waals surface area (Å²) >= 11 is 0. The van der Waals surface area contributed by atoms with E-state index in [4.69, 9.17) is 0 Å². The molecule has 0 aromatic heterocycles. The first-order valence-electron chi connectivity index (χ1n) is 3.88. The maximum absolute atomic E-state index is 10.9. The van der Waals surface area contributed by atoms with Crippen LogP contribution < -0.4 is 51.4 Å². The van der Waals surface area contributed by atoms with Crippen LogP contribution in [-0.2, 0) is 4.79 Å². The van der Waals surface area contributed by atoms with E-state index in [0.29, 0.717) is 0 Å². The molecule has 58 valence electrons. The average Bonchev–Trinajstić information content (AvgIpc) is 2.12. The summed E-state index contributed by atoms with van der Waals surface area (Å²) in [6, 6.07) is 0. The predicted molar refractivity (Wildman–Crippen MR) is 40.4 cm³/mol. The molecule has 1 heterocycles. The van der Waals surface area contributed by atoms with Gasteiger partial charge in [0, 0.05) is 13.5 Å². The maximum Gasteiger partial charge on any atom is 1.00 e. The summed E-state index contributed by atoms with van der Waals surface area (Å²) in [7, 11) is 0. The maximum atomic E-state index is 10.9. The van der Waals surface area contributed by atoms with Gasteiger partial charge in [-0.3, -0.25) is 4.79 Å². The Morgan fingerprint density at radius 3 is 2.73 bits per heavy atom. The zero-order chi connectivity index (χ0) is 7.40. The van der Waals surface area contributed by atoms with Crippen LogP contribution >= 0.6 is 0 Å². The molecular weight excluding hydrogens is 165 g/mol. The third-order valence-electron chi connectivity index (χ3n) is 1.88. The number of amides is 1. The molecule has 11 heavy (non-hydrogen) atoms. The van der Waals surface area contributed by atoms with Crippen LogP contribution in [0.4, 0.5) is 0 Å². The molecular formula is C8H14KNO. The third kappa shape index (κ3) is 4.63. The van der Waals surface area contributed by atoms with Crippen molar-refractivity contribution < 1.29 is 56.2 Å². The Morgan fingerprint density at radius 1 is 1.36 bits per heavy atom. The number of carbonyl (C=O) groups excluding carboxylic acids is 1. The first-order chi connectivity index (χ1) is 4.80. The normalized spacial score (nSPS) is 18.5. The number of carbonyl (C=O) groups is 1. The van der Waals surface area contributed by atoms with Gasteiger partial charge < -0.3 is 11.3 Å². The summed E-state index contributed by atoms with van der Waals surface area (Å²) in [4.78, 5) is 12.8. The van der Waals surface area contributed by atoms with Gasteiger partial charge in [-0.2, -0.15) is 12.8 Å². The topological polar surface area (TPSA) is 20.3 Å².